The molecule has 0 amide bonds. The second-order valence-electron chi connectivity index (χ2n) is 2.59. The van der Waals surface area contributed by atoms with Gasteiger partial charge < -0.3 is 0 Å². The number of nitrogens with zero attached hydrogens (tertiary/aromatic N) is 1. The number of hydrogen-bond donors (Lipinski definition) is 0. The lowest BCUT2D eigenvalue weighted by molar-refractivity contribution is 0.548. The molecule has 2 aromatic rings. The van der Waals surface area contributed by atoms with Gasteiger partial charge in [-0.05, 0) is 22.6 Å². The molecule has 0 aliphatic carbocycles. The van der Waals surface area contributed by atoms with Crippen LogP contribution in [-0.2, 0) is 0 Å². The highest BCUT2D eigenvalue weighted by molar-refractivity contribution is 7.79. The third-order valence-electron chi connectivity index (χ3n) is 1.61. The predicted octanol–water partition coefficient (Wildman–Crippen LogP) is 4.02. The highest BCUT2D eigenvalue weighted by Crippen LogP contribution is 2.30. The average Bonchev–Trinajstić information content (AvgIpc) is 2.49. The van der Waals surface area contributed by atoms with Gasteiger partial charge in [0.25, 0.3) is 0 Å². The maximum atomic E-state index is 13.3. The predicted molar refractivity (Wildman–Crippen MR) is 56.1 cm³/mol. The van der Waals surface area contributed by atoms with Crippen LogP contribution in [0, 0.1) is 21.4 Å². The first-order chi connectivity index (χ1) is 7.08. The molecule has 0 aliphatic heterocycles. The summed E-state index contributed by atoms with van der Waals surface area (Å²) in [4.78, 5) is 3.78. The van der Waals surface area contributed by atoms with E-state index in [1.54, 1.807) is 0 Å². The molecule has 1 aromatic carbocycles. The van der Waals surface area contributed by atoms with Gasteiger partial charge in [0.2, 0.25) is 0 Å². The molecule has 1 heterocycles. The Balaban J connectivity index is 2.67. The highest BCUT2D eigenvalue weighted by atomic mass is 32.9. The summed E-state index contributed by atoms with van der Waals surface area (Å²) in [6, 6.07) is 1.24. The quantitative estimate of drug-likeness (QED) is 0.570. The summed E-state index contributed by atoms with van der Waals surface area (Å²) in [5, 5.41) is 0.139. The maximum Gasteiger partial charge on any atom is 0.191 e. The minimum atomic E-state index is -0.968. The monoisotopic (exact) mass is 265 g/mol. The summed E-state index contributed by atoms with van der Waals surface area (Å²) in [5.74, 6) is -2.89. The highest BCUT2D eigenvalue weighted by Gasteiger charge is 2.16. The first kappa shape index (κ1) is 10.7. The Labute approximate surface area is 95.2 Å². The van der Waals surface area contributed by atoms with Crippen molar-refractivity contribution in [2.75, 3.05) is 0 Å². The van der Waals surface area contributed by atoms with E-state index in [-0.39, 0.29) is 10.6 Å². The fourth-order valence-corrected chi connectivity index (χ4v) is 3.16. The fraction of sp³-hybridized carbons (Fsp3) is 0. The molecule has 2 rings (SSSR count). The van der Waals surface area contributed by atoms with Gasteiger partial charge in [-0.2, -0.15) is 0 Å². The Morgan fingerprint density at radius 3 is 2.13 bits per heavy atom. The molecule has 1 aromatic heterocycles. The van der Waals surface area contributed by atoms with Crippen molar-refractivity contribution in [2.24, 2.45) is 0 Å². The van der Waals surface area contributed by atoms with Crippen LogP contribution < -0.4 is 0 Å². The maximum absolute atomic E-state index is 13.3. The number of benzene rings is 1. The van der Waals surface area contributed by atoms with E-state index in [0.717, 1.165) is 20.7 Å². The van der Waals surface area contributed by atoms with Gasteiger partial charge in [0, 0.05) is 12.1 Å². The summed E-state index contributed by atoms with van der Waals surface area (Å²) in [7, 11) is 2.20. The van der Waals surface area contributed by atoms with E-state index in [0.29, 0.717) is 16.1 Å². The van der Waals surface area contributed by atoms with E-state index in [9.17, 15) is 13.2 Å². The molecular weight excluding hydrogens is 263 g/mol. The van der Waals surface area contributed by atoms with Gasteiger partial charge in [-0.3, -0.25) is 0 Å². The zero-order valence-corrected chi connectivity index (χ0v) is 9.41. The van der Waals surface area contributed by atoms with Crippen LogP contribution in [0.25, 0.3) is 10.6 Å². The van der Waals surface area contributed by atoms with Crippen molar-refractivity contribution in [3.63, 3.8) is 0 Å². The van der Waals surface area contributed by atoms with Gasteiger partial charge in [0.15, 0.2) is 3.95 Å². The summed E-state index contributed by atoms with van der Waals surface area (Å²) in [5.41, 5.74) is -0.325. The first-order valence-electron chi connectivity index (χ1n) is 3.70. The van der Waals surface area contributed by atoms with Gasteiger partial charge in [-0.15, -0.1) is 0 Å². The zero-order chi connectivity index (χ0) is 11.0. The largest absolute Gasteiger partial charge is 0.213 e. The van der Waals surface area contributed by atoms with Crippen LogP contribution in [0.5, 0.6) is 0 Å². The molecule has 0 bridgehead atoms. The molecule has 0 atom stereocenters. The first-order valence-corrected chi connectivity index (χ1v) is 6.26. The van der Waals surface area contributed by atoms with Crippen molar-refractivity contribution in [1.29, 1.82) is 0 Å². The molecule has 0 fully saturated rings. The molecule has 0 N–H and O–H groups in total. The molecule has 1 nitrogen and oxygen atoms in total. The lowest BCUT2D eigenvalue weighted by Crippen LogP contribution is -1.91. The number of halogens is 3. The van der Waals surface area contributed by atoms with Gasteiger partial charge >= 0.3 is 0 Å². The van der Waals surface area contributed by atoms with E-state index in [4.69, 9.17) is 12.2 Å². The Morgan fingerprint density at radius 1 is 1.07 bits per heavy atom. The van der Waals surface area contributed by atoms with Crippen LogP contribution in [0.4, 0.5) is 13.2 Å². The molecule has 0 saturated heterocycles. The van der Waals surface area contributed by atoms with Gasteiger partial charge in [-0.1, -0.05) is 10.3 Å². The summed E-state index contributed by atoms with van der Waals surface area (Å²) < 4.78 is 39.4. The van der Waals surface area contributed by atoms with Crippen LogP contribution in [0.1, 0.15) is 0 Å². The van der Waals surface area contributed by atoms with Crippen LogP contribution >= 0.6 is 32.9 Å². The average molecular weight is 265 g/mol. The lowest BCUT2D eigenvalue weighted by atomic mass is 10.2. The Kier molecular flexibility index (Phi) is 2.85. The third-order valence-corrected chi connectivity index (χ3v) is 4.23. The van der Waals surface area contributed by atoms with Crippen LogP contribution in [-0.4, -0.2) is 4.98 Å². The summed E-state index contributed by atoms with van der Waals surface area (Å²) in [6.45, 7) is 0. The fourth-order valence-electron chi connectivity index (χ4n) is 1.04. The molecule has 0 radical (unpaired) electrons. The lowest BCUT2D eigenvalue weighted by Gasteiger charge is -2.00. The zero-order valence-electron chi connectivity index (χ0n) is 6.96. The van der Waals surface area contributed by atoms with Crippen molar-refractivity contribution < 1.29 is 13.2 Å². The molecule has 0 saturated carbocycles. The minimum absolute atomic E-state index is 0.139. The second kappa shape index (κ2) is 3.99. The molecule has 15 heavy (non-hydrogen) atoms. The molecule has 0 aliphatic rings. The topological polar surface area (TPSA) is 12.9 Å². The van der Waals surface area contributed by atoms with Gasteiger partial charge in [0.05, 0.1) is 5.56 Å². The van der Waals surface area contributed by atoms with Crippen molar-refractivity contribution in [3.8, 4) is 10.6 Å². The number of hydrogen-bond acceptors (Lipinski definition) is 4. The van der Waals surface area contributed by atoms with Crippen molar-refractivity contribution in [2.45, 2.75) is 0 Å². The molecular formula is C8H2F3NS3. The molecule has 78 valence electrons. The van der Waals surface area contributed by atoms with Crippen molar-refractivity contribution >= 4 is 32.9 Å². The van der Waals surface area contributed by atoms with Crippen molar-refractivity contribution in [3.05, 3.63) is 33.5 Å². The standard InChI is InChI=1S/C8H2F3NS3/c9-3-1-4(10)6(5(11)2-3)7-12-8(13)15-14-7/h1-2H. The van der Waals surface area contributed by atoms with E-state index in [1.165, 1.54) is 0 Å². The SMILES string of the molecule is Fc1cc(F)c(-c2nc(=S)ss2)c(F)c1. The van der Waals surface area contributed by atoms with Gasteiger partial charge in [0.1, 0.15) is 22.5 Å². The van der Waals surface area contributed by atoms with E-state index < -0.39 is 17.5 Å². The Morgan fingerprint density at radius 2 is 1.67 bits per heavy atom. The Hall–Kier alpha value is -0.790. The summed E-state index contributed by atoms with van der Waals surface area (Å²) in [6.07, 6.45) is 0. The van der Waals surface area contributed by atoms with E-state index in [1.807, 2.05) is 0 Å². The Bertz CT molecular complexity index is 537. The summed E-state index contributed by atoms with van der Waals surface area (Å²) >= 11 is 4.74. The molecule has 0 unspecified atom stereocenters. The number of rotatable bonds is 1. The molecule has 7 heteroatoms. The second-order valence-corrected chi connectivity index (χ2v) is 5.35. The van der Waals surface area contributed by atoms with Crippen LogP contribution in [0.3, 0.4) is 0 Å². The van der Waals surface area contributed by atoms with Gasteiger partial charge in [-0.25, -0.2) is 18.2 Å². The normalized spacial score (nSPS) is 10.6. The number of aromatic nitrogens is 1. The minimum Gasteiger partial charge on any atom is -0.213 e. The van der Waals surface area contributed by atoms with Crippen molar-refractivity contribution in [1.82, 2.24) is 4.98 Å². The molecule has 0 spiro atoms. The smallest absolute Gasteiger partial charge is 0.191 e. The van der Waals surface area contributed by atoms with Crippen LogP contribution in [0.15, 0.2) is 12.1 Å². The van der Waals surface area contributed by atoms with E-state index >= 15 is 0 Å². The third kappa shape index (κ3) is 2.09. The van der Waals surface area contributed by atoms with Crippen LogP contribution in [0.2, 0.25) is 0 Å². The van der Waals surface area contributed by atoms with E-state index in [2.05, 4.69) is 4.98 Å².